The van der Waals surface area contributed by atoms with Crippen molar-refractivity contribution < 1.29 is 9.84 Å². The molecule has 4 heteroatoms. The fraction of sp³-hybridized carbons (Fsp3) is 1.00. The Labute approximate surface area is 105 Å². The highest BCUT2D eigenvalue weighted by atomic mass is 16.5. The van der Waals surface area contributed by atoms with Crippen LogP contribution in [0, 0.1) is 5.92 Å². The maximum Gasteiger partial charge on any atom is 0.0791 e. The van der Waals surface area contributed by atoms with Gasteiger partial charge in [-0.25, -0.2) is 0 Å². The summed E-state index contributed by atoms with van der Waals surface area (Å²) in [4.78, 5) is 2.37. The molecule has 102 valence electrons. The molecule has 2 atom stereocenters. The highest BCUT2D eigenvalue weighted by molar-refractivity contribution is 4.75. The van der Waals surface area contributed by atoms with Gasteiger partial charge in [0.15, 0.2) is 0 Å². The van der Waals surface area contributed by atoms with Crippen molar-refractivity contribution in [2.24, 2.45) is 5.92 Å². The van der Waals surface area contributed by atoms with Crippen molar-refractivity contribution in [2.45, 2.75) is 32.3 Å². The van der Waals surface area contributed by atoms with Crippen molar-refractivity contribution in [1.82, 2.24) is 10.2 Å². The number of aliphatic hydroxyl groups is 1. The Bertz CT molecular complexity index is 188. The lowest BCUT2D eigenvalue weighted by Crippen LogP contribution is -2.44. The van der Waals surface area contributed by atoms with Crippen molar-refractivity contribution in [3.05, 3.63) is 0 Å². The van der Waals surface area contributed by atoms with E-state index in [1.54, 1.807) is 7.11 Å². The topological polar surface area (TPSA) is 44.7 Å². The van der Waals surface area contributed by atoms with Gasteiger partial charge in [0.2, 0.25) is 0 Å². The van der Waals surface area contributed by atoms with E-state index in [1.165, 1.54) is 12.8 Å². The van der Waals surface area contributed by atoms with Gasteiger partial charge >= 0.3 is 0 Å². The van der Waals surface area contributed by atoms with E-state index >= 15 is 0 Å². The Kier molecular flexibility index (Phi) is 7.77. The summed E-state index contributed by atoms with van der Waals surface area (Å²) in [6.07, 6.45) is 3.35. The second kappa shape index (κ2) is 8.86. The van der Waals surface area contributed by atoms with Crippen LogP contribution in [0.1, 0.15) is 26.2 Å². The number of hydrogen-bond acceptors (Lipinski definition) is 4. The molecule has 2 N–H and O–H groups in total. The van der Waals surface area contributed by atoms with E-state index in [-0.39, 0.29) is 6.10 Å². The van der Waals surface area contributed by atoms with Crippen LogP contribution in [0.5, 0.6) is 0 Å². The SMILES string of the molecule is CCCNCC(O)CN1CCCC(COC)C1. The number of β-amino-alcohol motifs (C(OH)–C–C–N with tert-alkyl or cyclic N) is 1. The van der Waals surface area contributed by atoms with E-state index in [9.17, 15) is 5.11 Å². The molecular formula is C13H28N2O2. The highest BCUT2D eigenvalue weighted by Gasteiger charge is 2.21. The molecule has 1 heterocycles. The molecule has 0 radical (unpaired) electrons. The molecule has 1 saturated heterocycles. The number of methoxy groups -OCH3 is 1. The van der Waals surface area contributed by atoms with Crippen LogP contribution >= 0.6 is 0 Å². The van der Waals surface area contributed by atoms with Gasteiger partial charge in [-0.1, -0.05) is 6.92 Å². The Balaban J connectivity index is 2.16. The Morgan fingerprint density at radius 1 is 1.53 bits per heavy atom. The monoisotopic (exact) mass is 244 g/mol. The first kappa shape index (κ1) is 14.9. The summed E-state index contributed by atoms with van der Waals surface area (Å²) in [6, 6.07) is 0. The maximum atomic E-state index is 9.91. The lowest BCUT2D eigenvalue weighted by Gasteiger charge is -2.33. The normalized spacial score (nSPS) is 23.8. The second-order valence-electron chi connectivity index (χ2n) is 5.08. The molecule has 0 spiro atoms. The summed E-state index contributed by atoms with van der Waals surface area (Å²) in [7, 11) is 1.77. The fourth-order valence-electron chi connectivity index (χ4n) is 2.50. The molecular weight excluding hydrogens is 216 g/mol. The quantitative estimate of drug-likeness (QED) is 0.617. The third-order valence-corrected chi connectivity index (χ3v) is 3.28. The summed E-state index contributed by atoms with van der Waals surface area (Å²) in [5.41, 5.74) is 0. The van der Waals surface area contributed by atoms with Gasteiger partial charge < -0.3 is 20.1 Å². The van der Waals surface area contributed by atoms with Crippen molar-refractivity contribution >= 4 is 0 Å². The van der Waals surface area contributed by atoms with E-state index in [4.69, 9.17) is 4.74 Å². The summed E-state index contributed by atoms with van der Waals surface area (Å²) in [5.74, 6) is 0.643. The Morgan fingerprint density at radius 3 is 3.06 bits per heavy atom. The van der Waals surface area contributed by atoms with Crippen LogP contribution in [0.25, 0.3) is 0 Å². The summed E-state index contributed by atoms with van der Waals surface area (Å²) in [5, 5.41) is 13.2. The average molecular weight is 244 g/mol. The van der Waals surface area contributed by atoms with E-state index in [1.807, 2.05) is 0 Å². The minimum Gasteiger partial charge on any atom is -0.390 e. The fourth-order valence-corrected chi connectivity index (χ4v) is 2.50. The van der Waals surface area contributed by atoms with Gasteiger partial charge in [-0.05, 0) is 38.3 Å². The maximum absolute atomic E-state index is 9.91. The predicted octanol–water partition coefficient (Wildman–Crippen LogP) is 0.705. The van der Waals surface area contributed by atoms with Crippen molar-refractivity contribution in [2.75, 3.05) is 46.4 Å². The van der Waals surface area contributed by atoms with Crippen LogP contribution in [-0.4, -0.2) is 62.6 Å². The molecule has 0 aromatic rings. The largest absolute Gasteiger partial charge is 0.390 e. The molecule has 0 bridgehead atoms. The van der Waals surface area contributed by atoms with Gasteiger partial charge in [0.25, 0.3) is 0 Å². The molecule has 4 nitrogen and oxygen atoms in total. The number of nitrogens with zero attached hydrogens (tertiary/aromatic N) is 1. The minimum absolute atomic E-state index is 0.247. The third-order valence-electron chi connectivity index (χ3n) is 3.28. The van der Waals surface area contributed by atoms with Crippen molar-refractivity contribution in [1.29, 1.82) is 0 Å². The zero-order valence-corrected chi connectivity index (χ0v) is 11.3. The molecule has 1 aliphatic heterocycles. The van der Waals surface area contributed by atoms with Crippen LogP contribution in [0.4, 0.5) is 0 Å². The molecule has 0 aromatic carbocycles. The average Bonchev–Trinajstić information content (AvgIpc) is 2.30. The smallest absolute Gasteiger partial charge is 0.0791 e. The summed E-state index contributed by atoms with van der Waals surface area (Å²) >= 11 is 0. The van der Waals surface area contributed by atoms with E-state index < -0.39 is 0 Å². The first-order chi connectivity index (χ1) is 8.26. The number of ether oxygens (including phenoxy) is 1. The van der Waals surface area contributed by atoms with Crippen LogP contribution < -0.4 is 5.32 Å². The minimum atomic E-state index is -0.247. The van der Waals surface area contributed by atoms with Crippen LogP contribution in [0.3, 0.4) is 0 Å². The molecule has 0 amide bonds. The standard InChI is InChI=1S/C13H28N2O2/c1-3-6-14-8-13(16)10-15-7-4-5-12(9-15)11-17-2/h12-14,16H,3-11H2,1-2H3. The lowest BCUT2D eigenvalue weighted by molar-refractivity contribution is 0.0566. The van der Waals surface area contributed by atoms with E-state index in [0.29, 0.717) is 12.5 Å². The number of aliphatic hydroxyl groups excluding tert-OH is 1. The van der Waals surface area contributed by atoms with Gasteiger partial charge in [0.1, 0.15) is 0 Å². The first-order valence-corrected chi connectivity index (χ1v) is 6.86. The predicted molar refractivity (Wildman–Crippen MR) is 70.2 cm³/mol. The summed E-state index contributed by atoms with van der Waals surface area (Å²) < 4.78 is 5.21. The number of hydrogen-bond donors (Lipinski definition) is 2. The zero-order valence-electron chi connectivity index (χ0n) is 11.3. The number of likely N-dealkylation sites (tertiary alicyclic amines) is 1. The zero-order chi connectivity index (χ0) is 12.5. The number of piperidine rings is 1. The molecule has 17 heavy (non-hydrogen) atoms. The first-order valence-electron chi connectivity index (χ1n) is 6.86. The molecule has 1 rings (SSSR count). The molecule has 0 saturated carbocycles. The van der Waals surface area contributed by atoms with Crippen molar-refractivity contribution in [3.8, 4) is 0 Å². The van der Waals surface area contributed by atoms with Crippen LogP contribution in [0.2, 0.25) is 0 Å². The van der Waals surface area contributed by atoms with Gasteiger partial charge in [0, 0.05) is 26.7 Å². The molecule has 0 aromatic heterocycles. The van der Waals surface area contributed by atoms with Crippen LogP contribution in [-0.2, 0) is 4.74 Å². The Hall–Kier alpha value is -0.160. The number of rotatable bonds is 8. The Morgan fingerprint density at radius 2 is 2.35 bits per heavy atom. The lowest BCUT2D eigenvalue weighted by atomic mass is 9.99. The molecule has 0 aliphatic carbocycles. The molecule has 1 aliphatic rings. The highest BCUT2D eigenvalue weighted by Crippen LogP contribution is 2.16. The summed E-state index contributed by atoms with van der Waals surface area (Å²) in [6.45, 7) is 7.66. The molecule has 1 fully saturated rings. The van der Waals surface area contributed by atoms with Gasteiger partial charge in [0.05, 0.1) is 12.7 Å². The van der Waals surface area contributed by atoms with E-state index in [2.05, 4.69) is 17.1 Å². The number of nitrogens with one attached hydrogen (secondary N) is 1. The van der Waals surface area contributed by atoms with Gasteiger partial charge in [-0.15, -0.1) is 0 Å². The van der Waals surface area contributed by atoms with E-state index in [0.717, 1.165) is 39.2 Å². The van der Waals surface area contributed by atoms with Crippen LogP contribution in [0.15, 0.2) is 0 Å². The van der Waals surface area contributed by atoms with Gasteiger partial charge in [-0.3, -0.25) is 0 Å². The van der Waals surface area contributed by atoms with Gasteiger partial charge in [-0.2, -0.15) is 0 Å². The second-order valence-corrected chi connectivity index (χ2v) is 5.08. The molecule has 2 unspecified atom stereocenters. The third kappa shape index (κ3) is 6.36. The van der Waals surface area contributed by atoms with Crippen molar-refractivity contribution in [3.63, 3.8) is 0 Å².